The predicted molar refractivity (Wildman–Crippen MR) is 76.1 cm³/mol. The van der Waals surface area contributed by atoms with E-state index in [9.17, 15) is 9.82 Å². The zero-order valence-electron chi connectivity index (χ0n) is 10.7. The maximum atomic E-state index is 11.2. The van der Waals surface area contributed by atoms with Gasteiger partial charge in [0.15, 0.2) is 0 Å². The summed E-state index contributed by atoms with van der Waals surface area (Å²) in [7, 11) is -1.15. The van der Waals surface area contributed by atoms with E-state index in [-0.39, 0.29) is 22.4 Å². The Morgan fingerprint density at radius 3 is 3.05 bits per heavy atom. The van der Waals surface area contributed by atoms with E-state index in [0.29, 0.717) is 11.6 Å². The Labute approximate surface area is 123 Å². The van der Waals surface area contributed by atoms with Crippen LogP contribution in [0.3, 0.4) is 0 Å². The number of para-hydroxylation sites is 1. The summed E-state index contributed by atoms with van der Waals surface area (Å²) in [4.78, 5) is 15.1. The van der Waals surface area contributed by atoms with Gasteiger partial charge in [0.2, 0.25) is 11.1 Å². The summed E-state index contributed by atoms with van der Waals surface area (Å²) in [6.45, 7) is 0. The molecule has 3 rings (SSSR count). The van der Waals surface area contributed by atoms with Crippen molar-refractivity contribution < 1.29 is 19.6 Å². The minimum Gasteiger partial charge on any atom is -0.535 e. The first-order valence-corrected chi connectivity index (χ1v) is 6.97. The van der Waals surface area contributed by atoms with Crippen molar-refractivity contribution in [3.8, 4) is 5.75 Å². The van der Waals surface area contributed by atoms with Crippen molar-refractivity contribution in [3.05, 3.63) is 29.3 Å². The summed E-state index contributed by atoms with van der Waals surface area (Å²) < 4.78 is 5.37. The van der Waals surface area contributed by atoms with Gasteiger partial charge in [0.25, 0.3) is 0 Å². The maximum Gasteiger partial charge on any atom is 0.537 e. The monoisotopic (exact) mass is 306 g/mol. The molecule has 0 spiro atoms. The topological polar surface area (TPSA) is 134 Å². The van der Waals surface area contributed by atoms with Crippen LogP contribution in [0.2, 0.25) is 0 Å². The Balaban J connectivity index is 1.85. The summed E-state index contributed by atoms with van der Waals surface area (Å²) >= 11 is 1.22. The number of hydrogen-bond donors (Lipinski definition) is 4. The Bertz CT molecular complexity index is 695. The van der Waals surface area contributed by atoms with Crippen LogP contribution in [0.25, 0.3) is 0 Å². The van der Waals surface area contributed by atoms with Crippen molar-refractivity contribution >= 4 is 30.8 Å². The third-order valence-corrected chi connectivity index (χ3v) is 4.14. The molecule has 2 heterocycles. The number of nitrogens with two attached hydrogens (primary N) is 1. The van der Waals surface area contributed by atoms with Crippen LogP contribution in [0.5, 0.6) is 5.75 Å². The first kappa shape index (κ1) is 13.8. The average Bonchev–Trinajstić information content (AvgIpc) is 2.84. The number of rotatable bonds is 3. The number of nitrogen functional groups attached to an aromatic ring is 1. The number of benzene rings is 1. The van der Waals surface area contributed by atoms with Gasteiger partial charge >= 0.3 is 13.1 Å². The molecule has 1 aromatic heterocycles. The number of aromatic nitrogens is 3. The number of aromatic amines is 1. The van der Waals surface area contributed by atoms with E-state index in [2.05, 4.69) is 15.2 Å². The Hall–Kier alpha value is -2.20. The highest BCUT2D eigenvalue weighted by molar-refractivity contribution is 8.01. The van der Waals surface area contributed by atoms with Crippen LogP contribution in [0, 0.1) is 0 Å². The molecule has 1 aromatic carbocycles. The standard InChI is InChI=1S/C11H11BN4O4S/c13-10-14-11(16-15-10)21-7-4-5-2-1-3-6(9(17)18)8(5)20-12(7)19/h1-3,7,19H,4H2,(H,17,18)(H3,13,14,15,16)/t7-/m0/s1. The van der Waals surface area contributed by atoms with Gasteiger partial charge in [-0.3, -0.25) is 0 Å². The second-order valence-electron chi connectivity index (χ2n) is 4.47. The molecular weight excluding hydrogens is 295 g/mol. The molecular formula is C11H11BN4O4S. The van der Waals surface area contributed by atoms with Crippen LogP contribution in [0.1, 0.15) is 15.9 Å². The molecule has 108 valence electrons. The second-order valence-corrected chi connectivity index (χ2v) is 5.68. The smallest absolute Gasteiger partial charge is 0.535 e. The van der Waals surface area contributed by atoms with Gasteiger partial charge in [-0.2, -0.15) is 4.98 Å². The lowest BCUT2D eigenvalue weighted by Gasteiger charge is -2.27. The molecule has 10 heteroatoms. The van der Waals surface area contributed by atoms with E-state index in [1.54, 1.807) is 12.1 Å². The lowest BCUT2D eigenvalue weighted by atomic mass is 9.77. The summed E-state index contributed by atoms with van der Waals surface area (Å²) in [5.41, 5.74) is 6.21. The van der Waals surface area contributed by atoms with E-state index in [4.69, 9.17) is 15.5 Å². The Morgan fingerprint density at radius 1 is 1.57 bits per heavy atom. The summed E-state index contributed by atoms with van der Waals surface area (Å²) in [5, 5.41) is 25.6. The van der Waals surface area contributed by atoms with Crippen LogP contribution in [0.4, 0.5) is 5.95 Å². The van der Waals surface area contributed by atoms with Crippen molar-refractivity contribution in [2.24, 2.45) is 0 Å². The Morgan fingerprint density at radius 2 is 2.38 bits per heavy atom. The Kier molecular flexibility index (Phi) is 3.48. The number of carbonyl (C=O) groups is 1. The SMILES string of the molecule is Nc1nc(S[C@H]2Cc3cccc(C(=O)O)c3OB2O)n[nH]1. The number of anilines is 1. The van der Waals surface area contributed by atoms with Crippen LogP contribution >= 0.6 is 11.8 Å². The minimum atomic E-state index is -1.15. The number of fused-ring (bicyclic) bond motifs is 1. The van der Waals surface area contributed by atoms with Gasteiger partial charge < -0.3 is 20.5 Å². The summed E-state index contributed by atoms with van der Waals surface area (Å²) in [6, 6.07) is 4.86. The van der Waals surface area contributed by atoms with Crippen molar-refractivity contribution in [1.29, 1.82) is 0 Å². The van der Waals surface area contributed by atoms with E-state index in [1.165, 1.54) is 17.8 Å². The molecule has 2 aromatic rings. The number of carboxylic acids is 1. The molecule has 0 bridgehead atoms. The molecule has 0 aliphatic carbocycles. The average molecular weight is 306 g/mol. The molecule has 1 aliphatic heterocycles. The first-order chi connectivity index (χ1) is 10.0. The highest BCUT2D eigenvalue weighted by atomic mass is 32.2. The number of thioether (sulfide) groups is 1. The van der Waals surface area contributed by atoms with Crippen molar-refractivity contribution in [2.75, 3.05) is 5.73 Å². The van der Waals surface area contributed by atoms with Crippen LogP contribution in [0.15, 0.2) is 23.4 Å². The maximum absolute atomic E-state index is 11.2. The lowest BCUT2D eigenvalue weighted by molar-refractivity contribution is 0.0694. The number of H-pyrrole nitrogens is 1. The quantitative estimate of drug-likeness (QED) is 0.591. The van der Waals surface area contributed by atoms with Crippen molar-refractivity contribution in [1.82, 2.24) is 15.2 Å². The highest BCUT2D eigenvalue weighted by Crippen LogP contribution is 2.35. The van der Waals surface area contributed by atoms with E-state index < -0.39 is 13.1 Å². The minimum absolute atomic E-state index is 0.0390. The fourth-order valence-electron chi connectivity index (χ4n) is 2.11. The zero-order chi connectivity index (χ0) is 15.0. The first-order valence-electron chi connectivity index (χ1n) is 6.09. The molecule has 8 nitrogen and oxygen atoms in total. The number of nitrogens with one attached hydrogen (secondary N) is 1. The van der Waals surface area contributed by atoms with E-state index in [0.717, 1.165) is 5.56 Å². The fraction of sp³-hybridized carbons (Fsp3) is 0.182. The van der Waals surface area contributed by atoms with Gasteiger partial charge in [0.05, 0.1) is 10.7 Å². The molecule has 1 atom stereocenters. The normalized spacial score (nSPS) is 17.2. The van der Waals surface area contributed by atoms with Gasteiger partial charge in [-0.25, -0.2) is 9.89 Å². The number of aromatic carboxylic acids is 1. The molecule has 21 heavy (non-hydrogen) atoms. The molecule has 0 fully saturated rings. The van der Waals surface area contributed by atoms with Gasteiger partial charge in [-0.05, 0) is 18.1 Å². The van der Waals surface area contributed by atoms with E-state index in [1.807, 2.05) is 0 Å². The fourth-order valence-corrected chi connectivity index (χ4v) is 3.07. The third-order valence-electron chi connectivity index (χ3n) is 3.04. The second kappa shape index (κ2) is 5.30. The van der Waals surface area contributed by atoms with Crippen molar-refractivity contribution in [2.45, 2.75) is 16.7 Å². The zero-order valence-corrected chi connectivity index (χ0v) is 11.5. The number of hydrogen-bond acceptors (Lipinski definition) is 7. The summed E-state index contributed by atoms with van der Waals surface area (Å²) in [6.07, 6.45) is 0.441. The predicted octanol–water partition coefficient (Wildman–Crippen LogP) is 0.201. The molecule has 0 saturated heterocycles. The van der Waals surface area contributed by atoms with E-state index >= 15 is 0 Å². The largest absolute Gasteiger partial charge is 0.537 e. The van der Waals surface area contributed by atoms with Crippen molar-refractivity contribution in [3.63, 3.8) is 0 Å². The number of nitrogens with zero attached hydrogens (tertiary/aromatic N) is 2. The van der Waals surface area contributed by atoms with Crippen LogP contribution in [-0.4, -0.2) is 43.5 Å². The number of carboxylic acid groups (broad SMARTS) is 1. The van der Waals surface area contributed by atoms with Gasteiger partial charge in [0, 0.05) is 0 Å². The van der Waals surface area contributed by atoms with Crippen LogP contribution in [-0.2, 0) is 6.42 Å². The molecule has 1 aliphatic rings. The molecule has 0 amide bonds. The van der Waals surface area contributed by atoms with Gasteiger partial charge in [0.1, 0.15) is 5.75 Å². The molecule has 0 saturated carbocycles. The van der Waals surface area contributed by atoms with Gasteiger partial charge in [-0.1, -0.05) is 23.9 Å². The van der Waals surface area contributed by atoms with Gasteiger partial charge in [-0.15, -0.1) is 5.10 Å². The molecule has 0 radical (unpaired) electrons. The molecule has 5 N–H and O–H groups in total. The molecule has 0 unspecified atom stereocenters. The van der Waals surface area contributed by atoms with Crippen LogP contribution < -0.4 is 10.4 Å². The highest BCUT2D eigenvalue weighted by Gasteiger charge is 2.38. The third kappa shape index (κ3) is 2.67. The lowest BCUT2D eigenvalue weighted by Crippen LogP contribution is -2.40. The summed E-state index contributed by atoms with van der Waals surface area (Å²) in [5.74, 6) is -0.687.